The second-order valence-electron chi connectivity index (χ2n) is 6.88. The number of nitrogens with one attached hydrogen (secondary N) is 1. The van der Waals surface area contributed by atoms with Gasteiger partial charge >= 0.3 is 0 Å². The van der Waals surface area contributed by atoms with Crippen molar-refractivity contribution in [3.63, 3.8) is 0 Å². The lowest BCUT2D eigenvalue weighted by Gasteiger charge is -2.34. The standard InChI is InChI=1S/C21H31N3O3S/c1-25-13-4-15-27-19-8-11-24(12-9-19)21(23-17-20-6-3-16-28-20)22-10-7-18-5-2-14-26-18/h2-3,5-6,14,16,19H,4,7-13,15,17H2,1H3,(H,22,23). The van der Waals surface area contributed by atoms with Crippen LogP contribution in [0.1, 0.15) is 29.9 Å². The zero-order chi connectivity index (χ0) is 19.4. The summed E-state index contributed by atoms with van der Waals surface area (Å²) in [5, 5.41) is 5.63. The smallest absolute Gasteiger partial charge is 0.194 e. The van der Waals surface area contributed by atoms with Crippen molar-refractivity contribution < 1.29 is 13.9 Å². The molecule has 1 N–H and O–H groups in total. The molecular formula is C21H31N3O3S. The van der Waals surface area contributed by atoms with E-state index in [9.17, 15) is 0 Å². The fourth-order valence-corrected chi connectivity index (χ4v) is 3.89. The molecule has 1 fully saturated rings. The molecule has 2 aromatic heterocycles. The molecule has 1 aliphatic rings. The van der Waals surface area contributed by atoms with Crippen LogP contribution < -0.4 is 5.32 Å². The van der Waals surface area contributed by atoms with Crippen LogP contribution in [0.3, 0.4) is 0 Å². The predicted molar refractivity (Wildman–Crippen MR) is 113 cm³/mol. The molecule has 7 heteroatoms. The van der Waals surface area contributed by atoms with Crippen molar-refractivity contribution in [2.75, 3.05) is 40.0 Å². The summed E-state index contributed by atoms with van der Waals surface area (Å²) in [6.45, 7) is 4.99. The number of likely N-dealkylation sites (tertiary alicyclic amines) is 1. The SMILES string of the molecule is COCCCOC1CCN(C(=NCc2cccs2)NCCc2ccco2)CC1. The first kappa shape index (κ1) is 20.9. The number of furan rings is 1. The summed E-state index contributed by atoms with van der Waals surface area (Å²) in [5.41, 5.74) is 0. The van der Waals surface area contributed by atoms with Crippen LogP contribution in [-0.4, -0.2) is 56.9 Å². The molecule has 0 bridgehead atoms. The highest BCUT2D eigenvalue weighted by molar-refractivity contribution is 7.09. The van der Waals surface area contributed by atoms with E-state index >= 15 is 0 Å². The van der Waals surface area contributed by atoms with Gasteiger partial charge in [0.15, 0.2) is 5.96 Å². The first-order valence-electron chi connectivity index (χ1n) is 10.0. The third-order valence-corrected chi connectivity index (χ3v) is 5.65. The van der Waals surface area contributed by atoms with Crippen LogP contribution >= 0.6 is 11.3 Å². The van der Waals surface area contributed by atoms with Gasteiger partial charge in [0, 0.05) is 51.3 Å². The summed E-state index contributed by atoms with van der Waals surface area (Å²) in [5.74, 6) is 1.98. The molecule has 1 aliphatic heterocycles. The predicted octanol–water partition coefficient (Wildman–Crippen LogP) is 3.55. The van der Waals surface area contributed by atoms with E-state index in [2.05, 4.69) is 27.7 Å². The van der Waals surface area contributed by atoms with Crippen LogP contribution in [0.4, 0.5) is 0 Å². The Balaban J connectivity index is 1.49. The Morgan fingerprint density at radius 1 is 1.29 bits per heavy atom. The van der Waals surface area contributed by atoms with Crippen LogP contribution in [0.25, 0.3) is 0 Å². The molecule has 0 atom stereocenters. The van der Waals surface area contributed by atoms with E-state index in [1.165, 1.54) is 4.88 Å². The summed E-state index contributed by atoms with van der Waals surface area (Å²) in [6.07, 6.45) is 5.94. The van der Waals surface area contributed by atoms with Crippen molar-refractivity contribution in [1.82, 2.24) is 10.2 Å². The van der Waals surface area contributed by atoms with Crippen LogP contribution in [0, 0.1) is 0 Å². The monoisotopic (exact) mass is 405 g/mol. The highest BCUT2D eigenvalue weighted by Crippen LogP contribution is 2.15. The molecule has 28 heavy (non-hydrogen) atoms. The molecular weight excluding hydrogens is 374 g/mol. The normalized spacial score (nSPS) is 15.9. The Bertz CT molecular complexity index is 665. The van der Waals surface area contributed by atoms with Gasteiger partial charge in [0.2, 0.25) is 0 Å². The van der Waals surface area contributed by atoms with E-state index in [1.807, 2.05) is 12.1 Å². The Hall–Kier alpha value is -1.83. The topological polar surface area (TPSA) is 59.2 Å². The maximum absolute atomic E-state index is 5.98. The van der Waals surface area contributed by atoms with Gasteiger partial charge in [0.1, 0.15) is 5.76 Å². The van der Waals surface area contributed by atoms with E-state index in [0.29, 0.717) is 12.6 Å². The lowest BCUT2D eigenvalue weighted by Crippen LogP contribution is -2.47. The molecule has 0 amide bonds. The highest BCUT2D eigenvalue weighted by atomic mass is 32.1. The van der Waals surface area contributed by atoms with Gasteiger partial charge in [0.05, 0.1) is 18.9 Å². The van der Waals surface area contributed by atoms with E-state index in [0.717, 1.165) is 70.3 Å². The van der Waals surface area contributed by atoms with Gasteiger partial charge in [-0.05, 0) is 42.8 Å². The number of ether oxygens (including phenoxy) is 2. The lowest BCUT2D eigenvalue weighted by atomic mass is 10.1. The first-order valence-corrected chi connectivity index (χ1v) is 10.9. The minimum absolute atomic E-state index is 0.342. The minimum Gasteiger partial charge on any atom is -0.469 e. The molecule has 0 radical (unpaired) electrons. The van der Waals surface area contributed by atoms with Crippen LogP contribution in [0.5, 0.6) is 0 Å². The number of piperidine rings is 1. The Kier molecular flexibility index (Phi) is 8.87. The summed E-state index contributed by atoms with van der Waals surface area (Å²) >= 11 is 1.75. The number of guanidine groups is 1. The van der Waals surface area contributed by atoms with Crippen molar-refractivity contribution in [1.29, 1.82) is 0 Å². The molecule has 0 aromatic carbocycles. The molecule has 0 aliphatic carbocycles. The van der Waals surface area contributed by atoms with Crippen LogP contribution in [0.2, 0.25) is 0 Å². The average molecular weight is 406 g/mol. The largest absolute Gasteiger partial charge is 0.469 e. The van der Waals surface area contributed by atoms with E-state index in [1.54, 1.807) is 24.7 Å². The van der Waals surface area contributed by atoms with Crippen molar-refractivity contribution in [2.24, 2.45) is 4.99 Å². The number of thiophene rings is 1. The lowest BCUT2D eigenvalue weighted by molar-refractivity contribution is 0.00989. The van der Waals surface area contributed by atoms with Crippen molar-refractivity contribution in [2.45, 2.75) is 38.3 Å². The summed E-state index contributed by atoms with van der Waals surface area (Å²) < 4.78 is 16.5. The summed E-state index contributed by atoms with van der Waals surface area (Å²) in [7, 11) is 1.73. The maximum Gasteiger partial charge on any atom is 0.194 e. The molecule has 3 rings (SSSR count). The number of aliphatic imine (C=N–C) groups is 1. The number of methoxy groups -OCH3 is 1. The van der Waals surface area contributed by atoms with Gasteiger partial charge in [-0.3, -0.25) is 0 Å². The van der Waals surface area contributed by atoms with Gasteiger partial charge in [0.25, 0.3) is 0 Å². The highest BCUT2D eigenvalue weighted by Gasteiger charge is 2.22. The fourth-order valence-electron chi connectivity index (χ4n) is 3.26. The van der Waals surface area contributed by atoms with Gasteiger partial charge < -0.3 is 24.1 Å². The number of hydrogen-bond acceptors (Lipinski definition) is 5. The van der Waals surface area contributed by atoms with E-state index in [4.69, 9.17) is 18.9 Å². The molecule has 3 heterocycles. The zero-order valence-corrected chi connectivity index (χ0v) is 17.5. The van der Waals surface area contributed by atoms with E-state index < -0.39 is 0 Å². The fraction of sp³-hybridized carbons (Fsp3) is 0.571. The number of hydrogen-bond donors (Lipinski definition) is 1. The molecule has 0 saturated carbocycles. The molecule has 0 unspecified atom stereocenters. The Morgan fingerprint density at radius 3 is 2.89 bits per heavy atom. The molecule has 0 spiro atoms. The number of rotatable bonds is 10. The molecule has 6 nitrogen and oxygen atoms in total. The molecule has 1 saturated heterocycles. The Labute approximate surface area is 171 Å². The zero-order valence-electron chi connectivity index (χ0n) is 16.6. The third kappa shape index (κ3) is 6.96. The summed E-state index contributed by atoms with van der Waals surface area (Å²) in [6, 6.07) is 8.15. The maximum atomic E-state index is 5.98. The van der Waals surface area contributed by atoms with Gasteiger partial charge in [-0.1, -0.05) is 6.07 Å². The minimum atomic E-state index is 0.342. The van der Waals surface area contributed by atoms with Crippen LogP contribution in [-0.2, 0) is 22.4 Å². The first-order chi connectivity index (χ1) is 13.8. The van der Waals surface area contributed by atoms with Crippen molar-refractivity contribution in [3.05, 3.63) is 46.5 Å². The van der Waals surface area contributed by atoms with Gasteiger partial charge in [-0.15, -0.1) is 11.3 Å². The molecule has 2 aromatic rings. The second-order valence-corrected chi connectivity index (χ2v) is 7.91. The second kappa shape index (κ2) is 11.9. The number of nitrogens with zero attached hydrogens (tertiary/aromatic N) is 2. The average Bonchev–Trinajstić information content (AvgIpc) is 3.43. The Morgan fingerprint density at radius 2 is 2.18 bits per heavy atom. The van der Waals surface area contributed by atoms with Crippen molar-refractivity contribution >= 4 is 17.3 Å². The van der Waals surface area contributed by atoms with Gasteiger partial charge in [-0.25, -0.2) is 4.99 Å². The molecule has 154 valence electrons. The van der Waals surface area contributed by atoms with Crippen molar-refractivity contribution in [3.8, 4) is 0 Å². The quantitative estimate of drug-likeness (QED) is 0.372. The third-order valence-electron chi connectivity index (χ3n) is 4.79. The van der Waals surface area contributed by atoms with E-state index in [-0.39, 0.29) is 0 Å². The van der Waals surface area contributed by atoms with Gasteiger partial charge in [-0.2, -0.15) is 0 Å². The van der Waals surface area contributed by atoms with Crippen LogP contribution in [0.15, 0.2) is 45.3 Å². The summed E-state index contributed by atoms with van der Waals surface area (Å²) in [4.78, 5) is 8.51.